The molecular formula is C8H11ClO3. The highest BCUT2D eigenvalue weighted by molar-refractivity contribution is 6.18. The minimum absolute atomic E-state index is 0.0579. The SMILES string of the molecule is COC(=O)/C=C1\CC[C@@H](CCl)O1. The van der Waals surface area contributed by atoms with Crippen LogP contribution >= 0.6 is 11.6 Å². The molecule has 1 rings (SSSR count). The van der Waals surface area contributed by atoms with E-state index >= 15 is 0 Å². The monoisotopic (exact) mass is 190 g/mol. The van der Waals surface area contributed by atoms with Crippen LogP contribution in [0.3, 0.4) is 0 Å². The lowest BCUT2D eigenvalue weighted by Crippen LogP contribution is -2.05. The van der Waals surface area contributed by atoms with Crippen LogP contribution in [-0.2, 0) is 14.3 Å². The summed E-state index contributed by atoms with van der Waals surface area (Å²) in [5.74, 6) is 0.770. The maximum Gasteiger partial charge on any atom is 0.333 e. The van der Waals surface area contributed by atoms with Crippen LogP contribution in [0.1, 0.15) is 12.8 Å². The Morgan fingerprint density at radius 1 is 1.92 bits per heavy atom. The molecule has 1 fully saturated rings. The van der Waals surface area contributed by atoms with Gasteiger partial charge in [0.1, 0.15) is 11.9 Å². The number of halogens is 1. The second-order valence-corrected chi connectivity index (χ2v) is 2.88. The number of rotatable bonds is 2. The molecule has 0 saturated carbocycles. The van der Waals surface area contributed by atoms with Gasteiger partial charge in [-0.25, -0.2) is 4.79 Å². The maximum absolute atomic E-state index is 10.8. The first-order chi connectivity index (χ1) is 5.76. The second kappa shape index (κ2) is 4.36. The van der Waals surface area contributed by atoms with E-state index in [0.29, 0.717) is 11.6 Å². The summed E-state index contributed by atoms with van der Waals surface area (Å²) in [6, 6.07) is 0. The van der Waals surface area contributed by atoms with Crippen LogP contribution in [0.15, 0.2) is 11.8 Å². The van der Waals surface area contributed by atoms with E-state index in [1.54, 1.807) is 0 Å². The van der Waals surface area contributed by atoms with E-state index in [1.807, 2.05) is 0 Å². The number of methoxy groups -OCH3 is 1. The van der Waals surface area contributed by atoms with Gasteiger partial charge in [0.15, 0.2) is 0 Å². The molecule has 68 valence electrons. The standard InChI is InChI=1S/C8H11ClO3/c1-11-8(10)4-6-2-3-7(5-9)12-6/h4,7H,2-3,5H2,1H3/b6-4+/t7-/m0/s1. The molecule has 0 aromatic rings. The molecule has 1 aliphatic heterocycles. The van der Waals surface area contributed by atoms with Crippen LogP contribution in [0.2, 0.25) is 0 Å². The fourth-order valence-electron chi connectivity index (χ4n) is 1.04. The van der Waals surface area contributed by atoms with E-state index in [2.05, 4.69) is 4.74 Å². The van der Waals surface area contributed by atoms with Crippen LogP contribution in [-0.4, -0.2) is 25.1 Å². The van der Waals surface area contributed by atoms with Gasteiger partial charge in [-0.3, -0.25) is 0 Å². The third kappa shape index (κ3) is 2.41. The smallest absolute Gasteiger partial charge is 0.333 e. The molecule has 0 radical (unpaired) electrons. The van der Waals surface area contributed by atoms with Gasteiger partial charge >= 0.3 is 5.97 Å². The molecule has 4 heteroatoms. The quantitative estimate of drug-likeness (QED) is 0.376. The van der Waals surface area contributed by atoms with Crippen molar-refractivity contribution in [2.45, 2.75) is 18.9 Å². The van der Waals surface area contributed by atoms with Crippen molar-refractivity contribution in [1.82, 2.24) is 0 Å². The molecule has 1 heterocycles. The fraction of sp³-hybridized carbons (Fsp3) is 0.625. The molecular weight excluding hydrogens is 180 g/mol. The van der Waals surface area contributed by atoms with Crippen molar-refractivity contribution in [3.63, 3.8) is 0 Å². The number of carbonyl (C=O) groups excluding carboxylic acids is 1. The lowest BCUT2D eigenvalue weighted by Gasteiger charge is -2.04. The van der Waals surface area contributed by atoms with Crippen molar-refractivity contribution in [2.75, 3.05) is 13.0 Å². The van der Waals surface area contributed by atoms with Crippen molar-refractivity contribution < 1.29 is 14.3 Å². The summed E-state index contributed by atoms with van der Waals surface area (Å²) >= 11 is 5.58. The number of esters is 1. The van der Waals surface area contributed by atoms with Gasteiger partial charge in [0.2, 0.25) is 0 Å². The van der Waals surface area contributed by atoms with E-state index in [-0.39, 0.29) is 12.1 Å². The summed E-state index contributed by atoms with van der Waals surface area (Å²) in [7, 11) is 1.34. The average Bonchev–Trinajstić information content (AvgIpc) is 2.52. The summed E-state index contributed by atoms with van der Waals surface area (Å²) in [5, 5.41) is 0. The van der Waals surface area contributed by atoms with Crippen LogP contribution < -0.4 is 0 Å². The third-order valence-corrected chi connectivity index (χ3v) is 2.03. The molecule has 0 N–H and O–H groups in total. The van der Waals surface area contributed by atoms with Crippen molar-refractivity contribution in [3.8, 4) is 0 Å². The summed E-state index contributed by atoms with van der Waals surface area (Å²) in [6.45, 7) is 0. The predicted molar refractivity (Wildman–Crippen MR) is 44.9 cm³/mol. The first kappa shape index (κ1) is 9.39. The van der Waals surface area contributed by atoms with Crippen LogP contribution in [0.25, 0.3) is 0 Å². The Bertz CT molecular complexity index is 200. The van der Waals surface area contributed by atoms with Crippen LogP contribution in [0.5, 0.6) is 0 Å². The van der Waals surface area contributed by atoms with E-state index < -0.39 is 0 Å². The zero-order valence-electron chi connectivity index (χ0n) is 6.88. The molecule has 0 unspecified atom stereocenters. The Hall–Kier alpha value is -0.700. The van der Waals surface area contributed by atoms with Crippen molar-refractivity contribution in [3.05, 3.63) is 11.8 Å². The summed E-state index contributed by atoms with van der Waals surface area (Å²) in [6.07, 6.45) is 3.08. The minimum atomic E-state index is -0.375. The highest BCUT2D eigenvalue weighted by Crippen LogP contribution is 2.23. The molecule has 1 saturated heterocycles. The van der Waals surface area contributed by atoms with Gasteiger partial charge in [-0.15, -0.1) is 11.6 Å². The third-order valence-electron chi connectivity index (χ3n) is 1.68. The van der Waals surface area contributed by atoms with E-state index in [0.717, 1.165) is 12.8 Å². The number of alkyl halides is 1. The van der Waals surface area contributed by atoms with E-state index in [4.69, 9.17) is 16.3 Å². The first-order valence-electron chi connectivity index (χ1n) is 3.77. The minimum Gasteiger partial charge on any atom is -0.493 e. The fourth-order valence-corrected chi connectivity index (χ4v) is 1.26. The molecule has 1 aliphatic rings. The number of hydrogen-bond donors (Lipinski definition) is 0. The molecule has 1 atom stereocenters. The molecule has 0 bridgehead atoms. The predicted octanol–water partition coefficient (Wildman–Crippen LogP) is 1.46. The Kier molecular flexibility index (Phi) is 3.41. The highest BCUT2D eigenvalue weighted by atomic mass is 35.5. The van der Waals surface area contributed by atoms with Crippen molar-refractivity contribution >= 4 is 17.6 Å². The van der Waals surface area contributed by atoms with Crippen LogP contribution in [0.4, 0.5) is 0 Å². The van der Waals surface area contributed by atoms with Crippen molar-refractivity contribution in [2.24, 2.45) is 0 Å². The average molecular weight is 191 g/mol. The number of ether oxygens (including phenoxy) is 2. The van der Waals surface area contributed by atoms with E-state index in [9.17, 15) is 4.79 Å². The normalized spacial score (nSPS) is 25.5. The zero-order valence-corrected chi connectivity index (χ0v) is 7.63. The lowest BCUT2D eigenvalue weighted by molar-refractivity contribution is -0.135. The van der Waals surface area contributed by atoms with Gasteiger partial charge in [-0.05, 0) is 6.42 Å². The second-order valence-electron chi connectivity index (χ2n) is 2.57. The van der Waals surface area contributed by atoms with E-state index in [1.165, 1.54) is 13.2 Å². The van der Waals surface area contributed by atoms with Crippen LogP contribution in [0, 0.1) is 0 Å². The first-order valence-corrected chi connectivity index (χ1v) is 4.31. The Morgan fingerprint density at radius 3 is 3.17 bits per heavy atom. The number of carbonyl (C=O) groups is 1. The largest absolute Gasteiger partial charge is 0.493 e. The molecule has 0 spiro atoms. The number of hydrogen-bond acceptors (Lipinski definition) is 3. The summed E-state index contributed by atoms with van der Waals surface area (Å²) in [5.41, 5.74) is 0. The van der Waals surface area contributed by atoms with Gasteiger partial charge < -0.3 is 9.47 Å². The highest BCUT2D eigenvalue weighted by Gasteiger charge is 2.20. The maximum atomic E-state index is 10.8. The molecule has 0 aromatic carbocycles. The lowest BCUT2D eigenvalue weighted by atomic mass is 10.2. The molecule has 12 heavy (non-hydrogen) atoms. The van der Waals surface area contributed by atoms with Gasteiger partial charge in [-0.1, -0.05) is 0 Å². The molecule has 0 amide bonds. The Labute approximate surface area is 76.3 Å². The molecule has 0 aromatic heterocycles. The molecule has 3 nitrogen and oxygen atoms in total. The molecule has 0 aliphatic carbocycles. The van der Waals surface area contributed by atoms with Gasteiger partial charge in [0.05, 0.1) is 19.1 Å². The summed E-state index contributed by atoms with van der Waals surface area (Å²) < 4.78 is 9.76. The number of allylic oxidation sites excluding steroid dienone is 1. The van der Waals surface area contributed by atoms with Gasteiger partial charge in [-0.2, -0.15) is 0 Å². The van der Waals surface area contributed by atoms with Crippen molar-refractivity contribution in [1.29, 1.82) is 0 Å². The Morgan fingerprint density at radius 2 is 2.67 bits per heavy atom. The van der Waals surface area contributed by atoms with Gasteiger partial charge in [0.25, 0.3) is 0 Å². The van der Waals surface area contributed by atoms with Gasteiger partial charge in [0, 0.05) is 6.42 Å². The zero-order chi connectivity index (χ0) is 8.97. The topological polar surface area (TPSA) is 35.5 Å². The summed E-state index contributed by atoms with van der Waals surface area (Å²) in [4.78, 5) is 10.8. The Balaban J connectivity index is 2.45.